The van der Waals surface area contributed by atoms with Crippen molar-refractivity contribution in [3.8, 4) is 0 Å². The summed E-state index contributed by atoms with van der Waals surface area (Å²) in [6.45, 7) is 0. The van der Waals surface area contributed by atoms with Gasteiger partial charge in [-0.15, -0.1) is 0 Å². The van der Waals surface area contributed by atoms with E-state index in [1.54, 1.807) is 48.5 Å². The Kier molecular flexibility index (Phi) is 4.86. The molecule has 0 radical (unpaired) electrons. The van der Waals surface area contributed by atoms with E-state index >= 15 is 0 Å². The molecule has 2 aromatic carbocycles. The molecule has 0 saturated heterocycles. The van der Waals surface area contributed by atoms with E-state index in [4.69, 9.17) is 32.4 Å². The first-order valence-electron chi connectivity index (χ1n) is 8.18. The largest absolute Gasteiger partial charge is 0.463 e. The summed E-state index contributed by atoms with van der Waals surface area (Å²) in [5, 5.41) is 1.22. The lowest BCUT2D eigenvalue weighted by molar-refractivity contribution is -0.129. The van der Waals surface area contributed by atoms with Crippen molar-refractivity contribution in [1.82, 2.24) is 0 Å². The fraction of sp³-hybridized carbons (Fsp3) is 0. The first kappa shape index (κ1) is 18.2. The molecule has 0 N–H and O–H groups in total. The second kappa shape index (κ2) is 7.46. The topological polar surface area (TPSA) is 68.9 Å². The number of ether oxygens (including phenoxy) is 1. The number of rotatable bonds is 3. The fourth-order valence-electron chi connectivity index (χ4n) is 2.65. The molecule has 1 aromatic heterocycles. The van der Waals surface area contributed by atoms with Crippen molar-refractivity contribution in [3.63, 3.8) is 0 Å². The van der Waals surface area contributed by atoms with Gasteiger partial charge in [0.15, 0.2) is 11.1 Å². The van der Waals surface area contributed by atoms with Crippen LogP contribution in [-0.2, 0) is 9.53 Å². The van der Waals surface area contributed by atoms with Gasteiger partial charge in [0.1, 0.15) is 11.8 Å². The summed E-state index contributed by atoms with van der Waals surface area (Å²) < 4.78 is 10.6. The Hall–Kier alpha value is -3.15. The maximum atomic E-state index is 12.5. The fourth-order valence-corrected chi connectivity index (χ4v) is 3.02. The molecular weight excluding hydrogens is 401 g/mol. The number of carbonyl (C=O) groups excluding carboxylic acids is 1. The summed E-state index contributed by atoms with van der Waals surface area (Å²) in [4.78, 5) is 28.7. The summed E-state index contributed by atoms with van der Waals surface area (Å²) >= 11 is 12.1. The number of esters is 1. The lowest BCUT2D eigenvalue weighted by atomic mass is 10.1. The molecule has 2 heterocycles. The highest BCUT2D eigenvalue weighted by molar-refractivity contribution is 6.42. The highest BCUT2D eigenvalue weighted by Crippen LogP contribution is 2.26. The van der Waals surface area contributed by atoms with E-state index in [1.807, 2.05) is 0 Å². The Balaban J connectivity index is 1.66. The Morgan fingerprint density at radius 2 is 1.75 bits per heavy atom. The summed E-state index contributed by atoms with van der Waals surface area (Å²) in [6.07, 6.45) is 5.76. The number of nitrogens with zero attached hydrogens (tertiary/aromatic N) is 1. The number of carbonyl (C=O) groups is 1. The van der Waals surface area contributed by atoms with Gasteiger partial charge in [0.2, 0.25) is 5.90 Å². The van der Waals surface area contributed by atoms with E-state index < -0.39 is 5.97 Å². The maximum absolute atomic E-state index is 12.5. The smallest absolute Gasteiger partial charge is 0.363 e. The van der Waals surface area contributed by atoms with Crippen molar-refractivity contribution < 1.29 is 13.9 Å². The highest BCUT2D eigenvalue weighted by Gasteiger charge is 2.22. The van der Waals surface area contributed by atoms with Gasteiger partial charge in [-0.3, -0.25) is 4.79 Å². The second-order valence-electron chi connectivity index (χ2n) is 5.86. The number of benzene rings is 2. The van der Waals surface area contributed by atoms with Gasteiger partial charge >= 0.3 is 5.97 Å². The number of aliphatic imine (C=N–C) groups is 1. The minimum absolute atomic E-state index is 0.000535. The van der Waals surface area contributed by atoms with Crippen LogP contribution in [0.15, 0.2) is 74.7 Å². The molecule has 3 aromatic rings. The van der Waals surface area contributed by atoms with Crippen molar-refractivity contribution in [1.29, 1.82) is 0 Å². The standard InChI is InChI=1S/C21H11Cl2NO4/c22-15-6-3-4-12(19(15)23)8-9-18-24-16(21(26)28-18)10-13-11-27-17-7-2-1-5-14(17)20(13)25/h1-11H/b9-8+,16-10-. The molecule has 1 aliphatic rings. The average Bonchev–Trinajstić information content (AvgIpc) is 3.05. The minimum Gasteiger partial charge on any atom is -0.463 e. The van der Waals surface area contributed by atoms with Gasteiger partial charge in [-0.05, 0) is 35.9 Å². The zero-order valence-electron chi connectivity index (χ0n) is 14.2. The SMILES string of the molecule is O=C1OC(/C=C/c2cccc(Cl)c2Cl)=NC/1=C\c1coc2ccccc2c1=O. The van der Waals surface area contributed by atoms with Gasteiger partial charge in [-0.1, -0.05) is 47.5 Å². The first-order valence-corrected chi connectivity index (χ1v) is 8.94. The quantitative estimate of drug-likeness (QED) is 0.443. The van der Waals surface area contributed by atoms with E-state index in [0.29, 0.717) is 26.6 Å². The number of hydrogen-bond acceptors (Lipinski definition) is 5. The zero-order chi connectivity index (χ0) is 19.7. The molecule has 4 rings (SSSR count). The molecule has 0 unspecified atom stereocenters. The Labute approximate surface area is 169 Å². The van der Waals surface area contributed by atoms with Gasteiger partial charge in [0.25, 0.3) is 0 Å². The molecule has 28 heavy (non-hydrogen) atoms. The second-order valence-corrected chi connectivity index (χ2v) is 6.65. The third-order valence-electron chi connectivity index (χ3n) is 4.02. The monoisotopic (exact) mass is 411 g/mol. The van der Waals surface area contributed by atoms with Crippen molar-refractivity contribution in [2.75, 3.05) is 0 Å². The van der Waals surface area contributed by atoms with E-state index in [1.165, 1.54) is 18.4 Å². The van der Waals surface area contributed by atoms with Crippen LogP contribution in [-0.4, -0.2) is 11.9 Å². The van der Waals surface area contributed by atoms with Gasteiger partial charge in [0.05, 0.1) is 21.0 Å². The van der Waals surface area contributed by atoms with Crippen LogP contribution in [0.25, 0.3) is 23.1 Å². The molecule has 7 heteroatoms. The molecule has 0 saturated carbocycles. The zero-order valence-corrected chi connectivity index (χ0v) is 15.7. The van der Waals surface area contributed by atoms with Crippen LogP contribution in [0.5, 0.6) is 0 Å². The van der Waals surface area contributed by atoms with Gasteiger partial charge in [-0.25, -0.2) is 9.79 Å². The summed E-state index contributed by atoms with van der Waals surface area (Å²) in [6, 6.07) is 12.0. The van der Waals surface area contributed by atoms with Crippen LogP contribution in [0.3, 0.4) is 0 Å². The molecule has 0 amide bonds. The molecular formula is C21H11Cl2NO4. The molecule has 5 nitrogen and oxygen atoms in total. The first-order chi connectivity index (χ1) is 13.5. The number of cyclic esters (lactones) is 1. The number of fused-ring (bicyclic) bond motifs is 1. The molecule has 0 bridgehead atoms. The molecule has 138 valence electrons. The average molecular weight is 412 g/mol. The van der Waals surface area contributed by atoms with Gasteiger partial charge in [-0.2, -0.15) is 0 Å². The normalized spacial score (nSPS) is 15.4. The molecule has 1 aliphatic heterocycles. The van der Waals surface area contributed by atoms with Crippen LogP contribution in [0, 0.1) is 0 Å². The predicted octanol–water partition coefficient (Wildman–Crippen LogP) is 5.11. The third kappa shape index (κ3) is 3.50. The molecule has 0 spiro atoms. The minimum atomic E-state index is -0.663. The Morgan fingerprint density at radius 3 is 2.61 bits per heavy atom. The van der Waals surface area contributed by atoms with Crippen LogP contribution >= 0.6 is 23.2 Å². The predicted molar refractivity (Wildman–Crippen MR) is 109 cm³/mol. The van der Waals surface area contributed by atoms with E-state index in [2.05, 4.69) is 4.99 Å². The van der Waals surface area contributed by atoms with Crippen LogP contribution in [0.2, 0.25) is 10.0 Å². The van der Waals surface area contributed by atoms with Crippen molar-refractivity contribution in [3.05, 3.63) is 91.9 Å². The number of para-hydroxylation sites is 1. The molecule has 0 atom stereocenters. The molecule has 0 fully saturated rings. The Morgan fingerprint density at radius 1 is 0.929 bits per heavy atom. The van der Waals surface area contributed by atoms with E-state index in [9.17, 15) is 9.59 Å². The maximum Gasteiger partial charge on any atom is 0.363 e. The number of halogens is 2. The molecule has 0 aliphatic carbocycles. The lowest BCUT2D eigenvalue weighted by Crippen LogP contribution is -2.06. The van der Waals surface area contributed by atoms with Crippen molar-refractivity contribution >= 4 is 58.2 Å². The third-order valence-corrected chi connectivity index (χ3v) is 4.86. The van der Waals surface area contributed by atoms with Crippen molar-refractivity contribution in [2.45, 2.75) is 0 Å². The summed E-state index contributed by atoms with van der Waals surface area (Å²) in [7, 11) is 0. The van der Waals surface area contributed by atoms with Crippen LogP contribution < -0.4 is 5.43 Å². The lowest BCUT2D eigenvalue weighted by Gasteiger charge is -1.99. The van der Waals surface area contributed by atoms with Crippen LogP contribution in [0.1, 0.15) is 11.1 Å². The van der Waals surface area contributed by atoms with Gasteiger partial charge in [0, 0.05) is 6.08 Å². The highest BCUT2D eigenvalue weighted by atomic mass is 35.5. The van der Waals surface area contributed by atoms with Crippen molar-refractivity contribution in [2.24, 2.45) is 4.99 Å². The number of hydrogen-bond donors (Lipinski definition) is 0. The summed E-state index contributed by atoms with van der Waals surface area (Å²) in [5.74, 6) is -0.582. The summed E-state index contributed by atoms with van der Waals surface area (Å²) in [5.41, 5.74) is 1.07. The van der Waals surface area contributed by atoms with E-state index in [-0.39, 0.29) is 22.6 Å². The van der Waals surface area contributed by atoms with Crippen LogP contribution in [0.4, 0.5) is 0 Å². The Bertz CT molecular complexity index is 1250. The van der Waals surface area contributed by atoms with Gasteiger partial charge < -0.3 is 9.15 Å². The van der Waals surface area contributed by atoms with E-state index in [0.717, 1.165) is 0 Å².